The second-order valence-electron chi connectivity index (χ2n) is 5.04. The van der Waals surface area contributed by atoms with Crippen molar-refractivity contribution in [3.8, 4) is 0 Å². The first-order valence-corrected chi connectivity index (χ1v) is 6.65. The van der Waals surface area contributed by atoms with Gasteiger partial charge in [0.05, 0.1) is 11.2 Å². The summed E-state index contributed by atoms with van der Waals surface area (Å²) in [6.45, 7) is 3.93. The Bertz CT molecular complexity index is 565. The van der Waals surface area contributed by atoms with Gasteiger partial charge >= 0.3 is 0 Å². The van der Waals surface area contributed by atoms with E-state index >= 15 is 0 Å². The summed E-state index contributed by atoms with van der Waals surface area (Å²) in [6.07, 6.45) is 2.55. The van der Waals surface area contributed by atoms with Crippen LogP contribution in [0.4, 0.5) is 5.69 Å². The zero-order valence-corrected chi connectivity index (χ0v) is 10.8. The van der Waals surface area contributed by atoms with Gasteiger partial charge in [0.15, 0.2) is 0 Å². The zero-order chi connectivity index (χ0) is 12.5. The van der Waals surface area contributed by atoms with Crippen LogP contribution in [0, 0.1) is 0 Å². The van der Waals surface area contributed by atoms with Crippen LogP contribution in [0.25, 0.3) is 10.9 Å². The maximum absolute atomic E-state index is 5.76. The van der Waals surface area contributed by atoms with Crippen molar-refractivity contribution in [3.05, 3.63) is 36.0 Å². The summed E-state index contributed by atoms with van der Waals surface area (Å²) < 4.78 is 0. The molecule has 0 spiro atoms. The van der Waals surface area contributed by atoms with Crippen molar-refractivity contribution in [1.82, 2.24) is 4.98 Å². The van der Waals surface area contributed by atoms with Gasteiger partial charge in [-0.25, -0.2) is 0 Å². The molecule has 2 heterocycles. The molecular weight excluding hydrogens is 222 g/mol. The average Bonchev–Trinajstić information content (AvgIpc) is 2.83. The number of hydrogen-bond acceptors (Lipinski definition) is 3. The predicted molar refractivity (Wildman–Crippen MR) is 75.7 cm³/mol. The van der Waals surface area contributed by atoms with E-state index in [4.69, 9.17) is 5.73 Å². The van der Waals surface area contributed by atoms with Crippen LogP contribution in [-0.4, -0.2) is 17.6 Å². The van der Waals surface area contributed by atoms with Gasteiger partial charge in [-0.1, -0.05) is 18.2 Å². The molecule has 1 atom stereocenters. The number of hydrogen-bond donors (Lipinski definition) is 1. The third-order valence-corrected chi connectivity index (χ3v) is 3.82. The van der Waals surface area contributed by atoms with Gasteiger partial charge in [0, 0.05) is 30.2 Å². The molecule has 0 aliphatic carbocycles. The number of nitrogens with two attached hydrogens (primary N) is 1. The van der Waals surface area contributed by atoms with Crippen molar-refractivity contribution < 1.29 is 0 Å². The van der Waals surface area contributed by atoms with Crippen LogP contribution in [-0.2, 0) is 6.54 Å². The molecule has 94 valence electrons. The summed E-state index contributed by atoms with van der Waals surface area (Å²) in [5.41, 5.74) is 9.08. The Kier molecular flexibility index (Phi) is 2.92. The highest BCUT2D eigenvalue weighted by molar-refractivity contribution is 5.92. The standard InChI is InChI=1S/C15H19N3/c1-11-5-4-8-18(11)15-9-12(10-16)17-14-7-3-2-6-13(14)15/h2-3,6-7,9,11H,4-5,8,10,16H2,1H3. The van der Waals surface area contributed by atoms with Crippen molar-refractivity contribution >= 4 is 16.6 Å². The molecule has 0 radical (unpaired) electrons. The number of para-hydroxylation sites is 1. The van der Waals surface area contributed by atoms with Crippen LogP contribution in [0.15, 0.2) is 30.3 Å². The number of nitrogens with zero attached hydrogens (tertiary/aromatic N) is 2. The molecule has 3 rings (SSSR count). The fourth-order valence-corrected chi connectivity index (χ4v) is 2.84. The second kappa shape index (κ2) is 4.58. The molecule has 1 saturated heterocycles. The molecule has 0 bridgehead atoms. The first-order chi connectivity index (χ1) is 8.79. The topological polar surface area (TPSA) is 42.1 Å². The molecule has 1 unspecified atom stereocenters. The van der Waals surface area contributed by atoms with E-state index in [2.05, 4.69) is 41.1 Å². The summed E-state index contributed by atoms with van der Waals surface area (Å²) in [7, 11) is 0. The Morgan fingerprint density at radius 2 is 2.22 bits per heavy atom. The van der Waals surface area contributed by atoms with Gasteiger partial charge in [-0.3, -0.25) is 4.98 Å². The van der Waals surface area contributed by atoms with Crippen molar-refractivity contribution in [2.45, 2.75) is 32.4 Å². The Balaban J connectivity index is 2.19. The average molecular weight is 241 g/mol. The Morgan fingerprint density at radius 3 is 2.94 bits per heavy atom. The van der Waals surface area contributed by atoms with Gasteiger partial charge in [0.2, 0.25) is 0 Å². The summed E-state index contributed by atoms with van der Waals surface area (Å²) >= 11 is 0. The largest absolute Gasteiger partial charge is 0.368 e. The van der Waals surface area contributed by atoms with Crippen molar-refractivity contribution in [1.29, 1.82) is 0 Å². The molecule has 1 aliphatic rings. The number of rotatable bonds is 2. The molecule has 1 aromatic carbocycles. The number of fused-ring (bicyclic) bond motifs is 1. The number of pyridine rings is 1. The van der Waals surface area contributed by atoms with E-state index in [0.717, 1.165) is 17.8 Å². The summed E-state index contributed by atoms with van der Waals surface area (Å²) in [5, 5.41) is 1.24. The maximum Gasteiger partial charge on any atom is 0.0726 e. The highest BCUT2D eigenvalue weighted by Crippen LogP contribution is 2.32. The third kappa shape index (κ3) is 1.85. The summed E-state index contributed by atoms with van der Waals surface area (Å²) in [6, 6.07) is 11.1. The fraction of sp³-hybridized carbons (Fsp3) is 0.400. The lowest BCUT2D eigenvalue weighted by Gasteiger charge is -2.25. The Morgan fingerprint density at radius 1 is 1.39 bits per heavy atom. The van der Waals surface area contributed by atoms with Gasteiger partial charge in [-0.15, -0.1) is 0 Å². The van der Waals surface area contributed by atoms with Crippen LogP contribution < -0.4 is 10.6 Å². The zero-order valence-electron chi connectivity index (χ0n) is 10.8. The van der Waals surface area contributed by atoms with Crippen molar-refractivity contribution in [2.24, 2.45) is 5.73 Å². The smallest absolute Gasteiger partial charge is 0.0726 e. The molecule has 1 aromatic heterocycles. The van der Waals surface area contributed by atoms with E-state index in [1.54, 1.807) is 0 Å². The lowest BCUT2D eigenvalue weighted by atomic mass is 10.1. The number of benzene rings is 1. The molecule has 3 nitrogen and oxygen atoms in total. The van der Waals surface area contributed by atoms with E-state index in [9.17, 15) is 0 Å². The van der Waals surface area contributed by atoms with E-state index in [1.165, 1.54) is 23.9 Å². The van der Waals surface area contributed by atoms with E-state index in [-0.39, 0.29) is 0 Å². The number of anilines is 1. The molecular formula is C15H19N3. The molecule has 2 N–H and O–H groups in total. The minimum Gasteiger partial charge on any atom is -0.368 e. The molecule has 3 heteroatoms. The Hall–Kier alpha value is -1.61. The predicted octanol–water partition coefficient (Wildman–Crippen LogP) is 2.68. The summed E-state index contributed by atoms with van der Waals surface area (Å²) in [4.78, 5) is 7.09. The second-order valence-corrected chi connectivity index (χ2v) is 5.04. The van der Waals surface area contributed by atoms with Gasteiger partial charge in [-0.2, -0.15) is 0 Å². The van der Waals surface area contributed by atoms with Crippen LogP contribution in [0.2, 0.25) is 0 Å². The first-order valence-electron chi connectivity index (χ1n) is 6.65. The van der Waals surface area contributed by atoms with E-state index in [0.29, 0.717) is 12.6 Å². The molecule has 1 fully saturated rings. The van der Waals surface area contributed by atoms with Gasteiger partial charge < -0.3 is 10.6 Å². The highest BCUT2D eigenvalue weighted by Gasteiger charge is 2.22. The minimum absolute atomic E-state index is 0.500. The number of aromatic nitrogens is 1. The third-order valence-electron chi connectivity index (χ3n) is 3.82. The van der Waals surface area contributed by atoms with Crippen LogP contribution in [0.5, 0.6) is 0 Å². The van der Waals surface area contributed by atoms with Crippen LogP contribution in [0.1, 0.15) is 25.5 Å². The van der Waals surface area contributed by atoms with E-state index in [1.807, 2.05) is 6.07 Å². The van der Waals surface area contributed by atoms with Crippen molar-refractivity contribution in [3.63, 3.8) is 0 Å². The van der Waals surface area contributed by atoms with Crippen LogP contribution >= 0.6 is 0 Å². The molecule has 2 aromatic rings. The van der Waals surface area contributed by atoms with Crippen LogP contribution in [0.3, 0.4) is 0 Å². The lowest BCUT2D eigenvalue weighted by Crippen LogP contribution is -2.26. The molecule has 1 aliphatic heterocycles. The van der Waals surface area contributed by atoms with Crippen molar-refractivity contribution in [2.75, 3.05) is 11.4 Å². The van der Waals surface area contributed by atoms with E-state index < -0.39 is 0 Å². The minimum atomic E-state index is 0.500. The maximum atomic E-state index is 5.76. The monoisotopic (exact) mass is 241 g/mol. The highest BCUT2D eigenvalue weighted by atomic mass is 15.2. The molecule has 0 amide bonds. The SMILES string of the molecule is CC1CCCN1c1cc(CN)nc2ccccc12. The van der Waals surface area contributed by atoms with Gasteiger partial charge in [0.25, 0.3) is 0 Å². The van der Waals surface area contributed by atoms with Gasteiger partial charge in [-0.05, 0) is 31.9 Å². The molecule has 0 saturated carbocycles. The van der Waals surface area contributed by atoms with Gasteiger partial charge in [0.1, 0.15) is 0 Å². The first kappa shape index (κ1) is 11.5. The Labute approximate surface area is 108 Å². The lowest BCUT2D eigenvalue weighted by molar-refractivity contribution is 0.736. The quantitative estimate of drug-likeness (QED) is 0.879. The molecule has 18 heavy (non-hydrogen) atoms. The fourth-order valence-electron chi connectivity index (χ4n) is 2.84. The normalized spacial score (nSPS) is 19.7. The summed E-state index contributed by atoms with van der Waals surface area (Å²) in [5.74, 6) is 0.